The van der Waals surface area contributed by atoms with Crippen molar-refractivity contribution in [1.82, 2.24) is 10.6 Å². The lowest BCUT2D eigenvalue weighted by molar-refractivity contribution is 0.502. The molecule has 0 saturated heterocycles. The van der Waals surface area contributed by atoms with Crippen LogP contribution in [-0.2, 0) is 0 Å². The van der Waals surface area contributed by atoms with Crippen LogP contribution in [0.1, 0.15) is 20.8 Å². The van der Waals surface area contributed by atoms with Crippen molar-refractivity contribution in [3.8, 4) is 0 Å². The molecule has 3 nitrogen and oxygen atoms in total. The molecule has 1 aromatic carbocycles. The van der Waals surface area contributed by atoms with Gasteiger partial charge in [0.25, 0.3) is 0 Å². The van der Waals surface area contributed by atoms with Gasteiger partial charge in [-0.05, 0) is 45.0 Å². The van der Waals surface area contributed by atoms with Crippen LogP contribution in [0, 0.1) is 0 Å². The van der Waals surface area contributed by atoms with E-state index in [-0.39, 0.29) is 29.5 Å². The smallest absolute Gasteiger partial charge is 0.191 e. The highest BCUT2D eigenvalue weighted by atomic mass is 127. The largest absolute Gasteiger partial charge is 0.356 e. The molecule has 0 aliphatic carbocycles. The van der Waals surface area contributed by atoms with Gasteiger partial charge in [-0.1, -0.05) is 11.6 Å². The molecule has 0 atom stereocenters. The number of nitrogens with one attached hydrogen (secondary N) is 2. The van der Waals surface area contributed by atoms with Crippen LogP contribution in [0.2, 0.25) is 5.02 Å². The van der Waals surface area contributed by atoms with E-state index in [1.54, 1.807) is 18.8 Å². The molecule has 0 fully saturated rings. The third kappa shape index (κ3) is 8.92. The SMILES string of the molecule is CN=C(NCCSc1ccc(Cl)cc1)NC(C)(C)C.I. The molecule has 0 aliphatic heterocycles. The van der Waals surface area contributed by atoms with Gasteiger partial charge in [0.15, 0.2) is 5.96 Å². The highest BCUT2D eigenvalue weighted by molar-refractivity contribution is 14.0. The predicted molar refractivity (Wildman–Crippen MR) is 102 cm³/mol. The Hall–Kier alpha value is -0.140. The van der Waals surface area contributed by atoms with Crippen molar-refractivity contribution in [3.63, 3.8) is 0 Å². The van der Waals surface area contributed by atoms with Gasteiger partial charge in [0.2, 0.25) is 0 Å². The maximum Gasteiger partial charge on any atom is 0.191 e. The summed E-state index contributed by atoms with van der Waals surface area (Å²) in [7, 11) is 1.79. The van der Waals surface area contributed by atoms with Crippen LogP contribution in [-0.4, -0.2) is 30.8 Å². The Morgan fingerprint density at radius 2 is 1.85 bits per heavy atom. The molecule has 2 N–H and O–H groups in total. The summed E-state index contributed by atoms with van der Waals surface area (Å²) in [6, 6.07) is 7.90. The Bertz CT molecular complexity index is 415. The average molecular weight is 428 g/mol. The molecule has 1 rings (SSSR count). The van der Waals surface area contributed by atoms with Gasteiger partial charge in [0, 0.05) is 34.8 Å². The van der Waals surface area contributed by atoms with E-state index in [1.807, 2.05) is 24.3 Å². The fourth-order valence-electron chi connectivity index (χ4n) is 1.40. The Balaban J connectivity index is 0.00000361. The number of aliphatic imine (C=N–C) groups is 1. The van der Waals surface area contributed by atoms with Gasteiger partial charge >= 0.3 is 0 Å². The first-order chi connectivity index (χ1) is 8.90. The monoisotopic (exact) mass is 427 g/mol. The van der Waals surface area contributed by atoms with Crippen molar-refractivity contribution in [2.45, 2.75) is 31.2 Å². The normalized spacial score (nSPS) is 11.8. The molecule has 0 radical (unpaired) electrons. The van der Waals surface area contributed by atoms with E-state index in [1.165, 1.54) is 4.90 Å². The fraction of sp³-hybridized carbons (Fsp3) is 0.500. The summed E-state index contributed by atoms with van der Waals surface area (Å²) in [6.07, 6.45) is 0. The van der Waals surface area contributed by atoms with Crippen molar-refractivity contribution >= 4 is 53.3 Å². The highest BCUT2D eigenvalue weighted by Crippen LogP contribution is 2.19. The first-order valence-electron chi connectivity index (χ1n) is 6.28. The van der Waals surface area contributed by atoms with Gasteiger partial charge in [-0.3, -0.25) is 4.99 Å². The van der Waals surface area contributed by atoms with Crippen molar-refractivity contribution < 1.29 is 0 Å². The van der Waals surface area contributed by atoms with E-state index in [0.717, 1.165) is 23.3 Å². The number of hydrogen-bond donors (Lipinski definition) is 2. The minimum Gasteiger partial charge on any atom is -0.356 e. The van der Waals surface area contributed by atoms with Crippen LogP contribution in [0.15, 0.2) is 34.2 Å². The fourth-order valence-corrected chi connectivity index (χ4v) is 2.30. The molecule has 0 unspecified atom stereocenters. The number of guanidine groups is 1. The van der Waals surface area contributed by atoms with Gasteiger partial charge in [-0.2, -0.15) is 0 Å². The van der Waals surface area contributed by atoms with E-state index in [0.29, 0.717) is 0 Å². The van der Waals surface area contributed by atoms with E-state index in [4.69, 9.17) is 11.6 Å². The molecule has 114 valence electrons. The molecule has 6 heteroatoms. The average Bonchev–Trinajstić information content (AvgIpc) is 2.34. The summed E-state index contributed by atoms with van der Waals surface area (Å²) in [4.78, 5) is 5.42. The van der Waals surface area contributed by atoms with Gasteiger partial charge in [-0.25, -0.2) is 0 Å². The minimum absolute atomic E-state index is 0. The molecular weight excluding hydrogens is 405 g/mol. The van der Waals surface area contributed by atoms with Crippen LogP contribution in [0.3, 0.4) is 0 Å². The van der Waals surface area contributed by atoms with Crippen molar-refractivity contribution in [2.75, 3.05) is 19.3 Å². The number of nitrogens with zero attached hydrogens (tertiary/aromatic N) is 1. The van der Waals surface area contributed by atoms with Crippen LogP contribution in [0.4, 0.5) is 0 Å². The second kappa shape index (κ2) is 9.73. The van der Waals surface area contributed by atoms with Gasteiger partial charge in [0.1, 0.15) is 0 Å². The Labute approximate surface area is 148 Å². The molecule has 0 saturated carbocycles. The molecule has 0 amide bonds. The molecule has 0 aliphatic rings. The zero-order valence-electron chi connectivity index (χ0n) is 12.4. The molecule has 0 heterocycles. The van der Waals surface area contributed by atoms with Crippen molar-refractivity contribution in [1.29, 1.82) is 0 Å². The van der Waals surface area contributed by atoms with Crippen molar-refractivity contribution in [2.24, 2.45) is 4.99 Å². The molecule has 0 bridgehead atoms. The van der Waals surface area contributed by atoms with Gasteiger partial charge < -0.3 is 10.6 Å². The van der Waals surface area contributed by atoms with Gasteiger partial charge in [0.05, 0.1) is 0 Å². The molecule has 1 aromatic rings. The Morgan fingerprint density at radius 3 is 2.35 bits per heavy atom. The Kier molecular flexibility index (Phi) is 9.67. The van der Waals surface area contributed by atoms with E-state index >= 15 is 0 Å². The van der Waals surface area contributed by atoms with Crippen LogP contribution in [0.5, 0.6) is 0 Å². The summed E-state index contributed by atoms with van der Waals surface area (Å²) < 4.78 is 0. The topological polar surface area (TPSA) is 36.4 Å². The van der Waals surface area contributed by atoms with E-state index in [2.05, 4.69) is 36.4 Å². The van der Waals surface area contributed by atoms with Gasteiger partial charge in [-0.15, -0.1) is 35.7 Å². The summed E-state index contributed by atoms with van der Waals surface area (Å²) >= 11 is 7.64. The number of halogens is 2. The van der Waals surface area contributed by atoms with Crippen molar-refractivity contribution in [3.05, 3.63) is 29.3 Å². The quantitative estimate of drug-likeness (QED) is 0.251. The molecule has 0 aromatic heterocycles. The molecule has 20 heavy (non-hydrogen) atoms. The summed E-state index contributed by atoms with van der Waals surface area (Å²) in [5, 5.41) is 7.40. The second-order valence-electron chi connectivity index (χ2n) is 5.18. The third-order valence-electron chi connectivity index (χ3n) is 2.19. The van der Waals surface area contributed by atoms with Crippen LogP contribution in [0.25, 0.3) is 0 Å². The standard InChI is InChI=1S/C14H22ClN3S.HI/c1-14(2,3)18-13(16-4)17-9-10-19-12-7-5-11(15)6-8-12;/h5-8H,9-10H2,1-4H3,(H2,16,17,18);1H. The lowest BCUT2D eigenvalue weighted by Gasteiger charge is -2.23. The van der Waals surface area contributed by atoms with E-state index in [9.17, 15) is 0 Å². The maximum absolute atomic E-state index is 5.85. The number of hydrogen-bond acceptors (Lipinski definition) is 2. The first kappa shape index (κ1) is 19.9. The Morgan fingerprint density at radius 1 is 1.25 bits per heavy atom. The zero-order chi connectivity index (χ0) is 14.3. The number of rotatable bonds is 4. The van der Waals surface area contributed by atoms with E-state index < -0.39 is 0 Å². The minimum atomic E-state index is 0. The summed E-state index contributed by atoms with van der Waals surface area (Å²) in [5.41, 5.74) is 0.0190. The second-order valence-corrected chi connectivity index (χ2v) is 6.78. The highest BCUT2D eigenvalue weighted by Gasteiger charge is 2.11. The molecular formula is C14H23ClIN3S. The summed E-state index contributed by atoms with van der Waals surface area (Å²) in [5.74, 6) is 1.82. The predicted octanol–water partition coefficient (Wildman–Crippen LogP) is 4.01. The third-order valence-corrected chi connectivity index (χ3v) is 3.46. The van der Waals surface area contributed by atoms with Crippen LogP contribution < -0.4 is 10.6 Å². The lowest BCUT2D eigenvalue weighted by Crippen LogP contribution is -2.48. The first-order valence-corrected chi connectivity index (χ1v) is 7.64. The maximum atomic E-state index is 5.85. The zero-order valence-corrected chi connectivity index (χ0v) is 16.3. The molecule has 0 spiro atoms. The number of benzene rings is 1. The van der Waals surface area contributed by atoms with Crippen LogP contribution >= 0.6 is 47.3 Å². The lowest BCUT2D eigenvalue weighted by atomic mass is 10.1. The summed E-state index contributed by atoms with van der Waals surface area (Å²) in [6.45, 7) is 7.20. The number of thioether (sulfide) groups is 1.